The molecule has 0 aliphatic carbocycles. The van der Waals surface area contributed by atoms with Crippen LogP contribution in [0.15, 0.2) is 36.8 Å². The molecular formula is C13H17BN6. The van der Waals surface area contributed by atoms with Crippen molar-refractivity contribution in [3.8, 4) is 0 Å². The SMILES string of the molecule is CCCCn1ccc(B(c2cc[nH]n2)c2cc[nH]n2)n1. The van der Waals surface area contributed by atoms with Crippen molar-refractivity contribution in [2.75, 3.05) is 0 Å². The summed E-state index contributed by atoms with van der Waals surface area (Å²) in [5.41, 5.74) is 2.83. The number of aromatic amines is 2. The van der Waals surface area contributed by atoms with E-state index < -0.39 is 0 Å². The van der Waals surface area contributed by atoms with Gasteiger partial charge in [-0.25, -0.2) is 0 Å². The van der Waals surface area contributed by atoms with E-state index in [1.807, 2.05) is 41.5 Å². The van der Waals surface area contributed by atoms with E-state index in [1.54, 1.807) is 0 Å². The monoisotopic (exact) mass is 268 g/mol. The van der Waals surface area contributed by atoms with E-state index in [0.29, 0.717) is 0 Å². The molecule has 7 heteroatoms. The molecule has 0 radical (unpaired) electrons. The number of aryl methyl sites for hydroxylation is 1. The van der Waals surface area contributed by atoms with Gasteiger partial charge in [-0.3, -0.25) is 14.9 Å². The van der Waals surface area contributed by atoms with Crippen molar-refractivity contribution in [2.24, 2.45) is 0 Å². The highest BCUT2D eigenvalue weighted by molar-refractivity contribution is 6.93. The average Bonchev–Trinajstić information content (AvgIpc) is 3.21. The first kappa shape index (κ1) is 12.7. The van der Waals surface area contributed by atoms with Crippen molar-refractivity contribution >= 4 is 23.5 Å². The zero-order chi connectivity index (χ0) is 13.8. The molecule has 0 amide bonds. The number of H-pyrrole nitrogens is 2. The van der Waals surface area contributed by atoms with Crippen LogP contribution in [0.25, 0.3) is 0 Å². The van der Waals surface area contributed by atoms with E-state index in [9.17, 15) is 0 Å². The van der Waals surface area contributed by atoms with Crippen LogP contribution < -0.4 is 16.8 Å². The Hall–Kier alpha value is -2.31. The molecule has 3 aromatic rings. The Kier molecular flexibility index (Phi) is 3.67. The number of rotatable bonds is 6. The zero-order valence-corrected chi connectivity index (χ0v) is 11.5. The minimum atomic E-state index is -0.0321. The lowest BCUT2D eigenvalue weighted by Gasteiger charge is -2.05. The minimum Gasteiger partial charge on any atom is -0.286 e. The smallest absolute Gasteiger partial charge is 0.286 e. The zero-order valence-electron chi connectivity index (χ0n) is 11.5. The third-order valence-electron chi connectivity index (χ3n) is 3.33. The van der Waals surface area contributed by atoms with Crippen LogP contribution in [-0.4, -0.2) is 36.9 Å². The Bertz CT molecular complexity index is 593. The van der Waals surface area contributed by atoms with Crippen LogP contribution in [0.1, 0.15) is 19.8 Å². The highest BCUT2D eigenvalue weighted by Gasteiger charge is 2.28. The molecule has 6 nitrogen and oxygen atoms in total. The van der Waals surface area contributed by atoms with Crippen LogP contribution >= 0.6 is 0 Å². The Morgan fingerprint density at radius 3 is 2.30 bits per heavy atom. The fourth-order valence-corrected chi connectivity index (χ4v) is 2.30. The molecule has 3 heterocycles. The van der Waals surface area contributed by atoms with Crippen molar-refractivity contribution in [3.05, 3.63) is 36.8 Å². The molecule has 3 aromatic heterocycles. The summed E-state index contributed by atoms with van der Waals surface area (Å²) in [6.45, 7) is 3.10. The van der Waals surface area contributed by atoms with Gasteiger partial charge in [0, 0.05) is 41.9 Å². The normalized spacial score (nSPS) is 10.8. The summed E-state index contributed by atoms with van der Waals surface area (Å²) in [6, 6.07) is 5.97. The maximum absolute atomic E-state index is 4.67. The number of hydrogen-bond acceptors (Lipinski definition) is 3. The Morgan fingerprint density at radius 1 is 1.05 bits per heavy atom. The first-order valence-electron chi connectivity index (χ1n) is 6.91. The van der Waals surface area contributed by atoms with Gasteiger partial charge in [0.2, 0.25) is 0 Å². The van der Waals surface area contributed by atoms with Crippen molar-refractivity contribution in [3.63, 3.8) is 0 Å². The second-order valence-corrected chi connectivity index (χ2v) is 4.79. The molecule has 0 spiro atoms. The van der Waals surface area contributed by atoms with Gasteiger partial charge in [-0.05, 0) is 24.6 Å². The van der Waals surface area contributed by atoms with Crippen LogP contribution in [0, 0.1) is 0 Å². The highest BCUT2D eigenvalue weighted by Crippen LogP contribution is 1.94. The molecule has 20 heavy (non-hydrogen) atoms. The lowest BCUT2D eigenvalue weighted by atomic mass is 9.42. The lowest BCUT2D eigenvalue weighted by Crippen LogP contribution is -2.54. The Labute approximate surface area is 117 Å². The molecule has 102 valence electrons. The van der Waals surface area contributed by atoms with Gasteiger partial charge in [-0.15, -0.1) is 0 Å². The molecule has 0 aliphatic rings. The number of nitrogens with zero attached hydrogens (tertiary/aromatic N) is 4. The van der Waals surface area contributed by atoms with Crippen molar-refractivity contribution in [1.82, 2.24) is 30.2 Å². The van der Waals surface area contributed by atoms with Gasteiger partial charge in [-0.1, -0.05) is 13.3 Å². The molecule has 3 rings (SSSR count). The maximum atomic E-state index is 4.67. The van der Waals surface area contributed by atoms with Crippen molar-refractivity contribution in [2.45, 2.75) is 26.3 Å². The lowest BCUT2D eigenvalue weighted by molar-refractivity contribution is 0.575. The number of aromatic nitrogens is 6. The minimum absolute atomic E-state index is 0.0321. The molecular weight excluding hydrogens is 251 g/mol. The van der Waals surface area contributed by atoms with Gasteiger partial charge < -0.3 is 0 Å². The molecule has 0 atom stereocenters. The third-order valence-corrected chi connectivity index (χ3v) is 3.33. The molecule has 0 fully saturated rings. The van der Waals surface area contributed by atoms with E-state index in [4.69, 9.17) is 0 Å². The van der Waals surface area contributed by atoms with Gasteiger partial charge in [0.1, 0.15) is 0 Å². The summed E-state index contributed by atoms with van der Waals surface area (Å²) in [6.07, 6.45) is 7.97. The number of hydrogen-bond donors (Lipinski definition) is 2. The Balaban J connectivity index is 1.92. The van der Waals surface area contributed by atoms with Crippen LogP contribution in [0.5, 0.6) is 0 Å². The van der Waals surface area contributed by atoms with E-state index >= 15 is 0 Å². The molecule has 0 aromatic carbocycles. The second kappa shape index (κ2) is 5.77. The summed E-state index contributed by atoms with van der Waals surface area (Å²) in [4.78, 5) is 0. The standard InChI is InChI=1S/C13H17BN6/c1-2-3-9-20-10-6-13(19-20)14(11-4-7-15-17-11)12-5-8-16-18-12/h4-8,10H,2-3,9H2,1H3,(H,15,17)(H,16,18). The fraction of sp³-hybridized carbons (Fsp3) is 0.308. The van der Waals surface area contributed by atoms with Gasteiger partial charge in [-0.2, -0.15) is 15.3 Å². The summed E-state index contributed by atoms with van der Waals surface area (Å²) in [5, 5.41) is 19.0. The summed E-state index contributed by atoms with van der Waals surface area (Å²) >= 11 is 0. The van der Waals surface area contributed by atoms with Crippen LogP contribution in [-0.2, 0) is 6.54 Å². The van der Waals surface area contributed by atoms with Crippen LogP contribution in [0.4, 0.5) is 0 Å². The molecule has 0 saturated heterocycles. The second-order valence-electron chi connectivity index (χ2n) is 4.79. The van der Waals surface area contributed by atoms with Gasteiger partial charge in [0.15, 0.2) is 0 Å². The topological polar surface area (TPSA) is 75.2 Å². The number of unbranched alkanes of at least 4 members (excludes halogenated alkanes) is 1. The first-order chi connectivity index (χ1) is 9.88. The Morgan fingerprint density at radius 2 is 1.75 bits per heavy atom. The largest absolute Gasteiger partial charge is 0.317 e. The molecule has 2 N–H and O–H groups in total. The molecule has 0 bridgehead atoms. The van der Waals surface area contributed by atoms with E-state index in [1.165, 1.54) is 0 Å². The third kappa shape index (κ3) is 2.52. The predicted molar refractivity (Wildman–Crippen MR) is 79.0 cm³/mol. The van der Waals surface area contributed by atoms with Crippen molar-refractivity contribution < 1.29 is 0 Å². The maximum Gasteiger partial charge on any atom is 0.317 e. The predicted octanol–water partition coefficient (Wildman–Crippen LogP) is -0.354. The van der Waals surface area contributed by atoms with Crippen molar-refractivity contribution in [1.29, 1.82) is 0 Å². The fourth-order valence-electron chi connectivity index (χ4n) is 2.30. The molecule has 0 saturated carbocycles. The highest BCUT2D eigenvalue weighted by atomic mass is 15.3. The van der Waals surface area contributed by atoms with Gasteiger partial charge in [0.05, 0.1) is 0 Å². The quantitative estimate of drug-likeness (QED) is 0.600. The van der Waals surface area contributed by atoms with Crippen LogP contribution in [0.2, 0.25) is 0 Å². The van der Waals surface area contributed by atoms with Crippen LogP contribution in [0.3, 0.4) is 0 Å². The molecule has 0 aliphatic heterocycles. The molecule has 0 unspecified atom stereocenters. The van der Waals surface area contributed by atoms with E-state index in [2.05, 4.69) is 32.4 Å². The summed E-state index contributed by atoms with van der Waals surface area (Å²) in [7, 11) is 0. The van der Waals surface area contributed by atoms with Gasteiger partial charge in [0.25, 0.3) is 0 Å². The number of nitrogens with one attached hydrogen (secondary N) is 2. The van der Waals surface area contributed by atoms with E-state index in [-0.39, 0.29) is 6.71 Å². The van der Waals surface area contributed by atoms with Gasteiger partial charge >= 0.3 is 6.71 Å². The average molecular weight is 268 g/mol. The summed E-state index contributed by atoms with van der Waals surface area (Å²) in [5.74, 6) is 0. The van der Waals surface area contributed by atoms with E-state index in [0.717, 1.165) is 36.2 Å². The summed E-state index contributed by atoms with van der Waals surface area (Å²) < 4.78 is 1.99. The first-order valence-corrected chi connectivity index (χ1v) is 6.91.